The molecule has 0 saturated carbocycles. The van der Waals surface area contributed by atoms with Gasteiger partial charge in [0, 0.05) is 25.4 Å². The molecule has 0 rings (SSSR count). The minimum atomic E-state index is 0.0953. The van der Waals surface area contributed by atoms with Gasteiger partial charge in [0.05, 0.1) is 4.99 Å². The number of hydrogen-bond donors (Lipinski definition) is 1. The Kier molecular flexibility index (Phi) is 7.30. The molecule has 0 aromatic heterocycles. The second-order valence-electron chi connectivity index (χ2n) is 4.67. The maximum Gasteiger partial charge on any atom is 0.222 e. The molecular formula is C12H24N2OS. The summed E-state index contributed by atoms with van der Waals surface area (Å²) in [7, 11) is 0. The number of hydrogen-bond acceptors (Lipinski definition) is 2. The Bertz CT molecular complexity index is 241. The van der Waals surface area contributed by atoms with Crippen molar-refractivity contribution in [2.24, 2.45) is 17.6 Å². The van der Waals surface area contributed by atoms with E-state index in [1.54, 1.807) is 0 Å². The monoisotopic (exact) mass is 244 g/mol. The number of thiocarbonyl (C=S) groups is 1. The molecule has 1 atom stereocenters. The van der Waals surface area contributed by atoms with E-state index in [4.69, 9.17) is 18.0 Å². The van der Waals surface area contributed by atoms with E-state index in [9.17, 15) is 4.79 Å². The van der Waals surface area contributed by atoms with Crippen molar-refractivity contribution in [1.82, 2.24) is 4.90 Å². The third-order valence-electron chi connectivity index (χ3n) is 2.65. The van der Waals surface area contributed by atoms with E-state index in [-0.39, 0.29) is 11.8 Å². The van der Waals surface area contributed by atoms with E-state index in [0.717, 1.165) is 13.0 Å². The molecule has 0 fully saturated rings. The van der Waals surface area contributed by atoms with Crippen molar-refractivity contribution in [3.63, 3.8) is 0 Å². The molecule has 0 aliphatic carbocycles. The van der Waals surface area contributed by atoms with E-state index >= 15 is 0 Å². The molecule has 0 aliphatic rings. The molecule has 0 aromatic rings. The van der Waals surface area contributed by atoms with Crippen molar-refractivity contribution in [3.8, 4) is 0 Å². The van der Waals surface area contributed by atoms with Gasteiger partial charge in [0.1, 0.15) is 0 Å². The van der Waals surface area contributed by atoms with Gasteiger partial charge < -0.3 is 10.6 Å². The van der Waals surface area contributed by atoms with Crippen LogP contribution in [0.4, 0.5) is 0 Å². The molecule has 16 heavy (non-hydrogen) atoms. The van der Waals surface area contributed by atoms with Crippen LogP contribution in [0.25, 0.3) is 0 Å². The first-order chi connectivity index (χ1) is 7.38. The fourth-order valence-electron chi connectivity index (χ4n) is 1.40. The standard InChI is InChI=1S/C12H24N2OS/c1-5-14(8-10(4)12(13)16)11(15)7-6-9(2)3/h9-10H,5-8H2,1-4H3,(H2,13,16). The van der Waals surface area contributed by atoms with Gasteiger partial charge in [-0.1, -0.05) is 33.0 Å². The minimum Gasteiger partial charge on any atom is -0.393 e. The topological polar surface area (TPSA) is 46.3 Å². The largest absolute Gasteiger partial charge is 0.393 e. The van der Waals surface area contributed by atoms with Crippen molar-refractivity contribution in [3.05, 3.63) is 0 Å². The van der Waals surface area contributed by atoms with Gasteiger partial charge in [-0.15, -0.1) is 0 Å². The SMILES string of the molecule is CCN(CC(C)C(N)=S)C(=O)CCC(C)C. The Morgan fingerprint density at radius 2 is 1.94 bits per heavy atom. The molecular weight excluding hydrogens is 220 g/mol. The van der Waals surface area contributed by atoms with Crippen molar-refractivity contribution >= 4 is 23.1 Å². The normalized spacial score (nSPS) is 12.6. The predicted molar refractivity (Wildman–Crippen MR) is 72.3 cm³/mol. The van der Waals surface area contributed by atoms with Crippen LogP contribution in [0.1, 0.15) is 40.5 Å². The predicted octanol–water partition coefficient (Wildman–Crippen LogP) is 2.19. The lowest BCUT2D eigenvalue weighted by Gasteiger charge is -2.24. The van der Waals surface area contributed by atoms with Crippen LogP contribution in [0.5, 0.6) is 0 Å². The zero-order valence-corrected chi connectivity index (χ0v) is 11.6. The Morgan fingerprint density at radius 1 is 1.38 bits per heavy atom. The van der Waals surface area contributed by atoms with Crippen LogP contribution >= 0.6 is 12.2 Å². The Balaban J connectivity index is 4.16. The second-order valence-corrected chi connectivity index (χ2v) is 5.14. The lowest BCUT2D eigenvalue weighted by Crippen LogP contribution is -2.38. The summed E-state index contributed by atoms with van der Waals surface area (Å²) >= 11 is 4.92. The summed E-state index contributed by atoms with van der Waals surface area (Å²) in [5, 5.41) is 0. The van der Waals surface area contributed by atoms with Gasteiger partial charge in [-0.2, -0.15) is 0 Å². The maximum atomic E-state index is 11.9. The van der Waals surface area contributed by atoms with Crippen LogP contribution in [-0.2, 0) is 4.79 Å². The first kappa shape index (κ1) is 15.4. The summed E-state index contributed by atoms with van der Waals surface area (Å²) < 4.78 is 0. The highest BCUT2D eigenvalue weighted by Crippen LogP contribution is 2.08. The van der Waals surface area contributed by atoms with Crippen LogP contribution in [0.3, 0.4) is 0 Å². The van der Waals surface area contributed by atoms with Crippen molar-refractivity contribution < 1.29 is 4.79 Å². The summed E-state index contributed by atoms with van der Waals surface area (Å²) in [6, 6.07) is 0. The molecule has 0 aliphatic heterocycles. The molecule has 0 heterocycles. The first-order valence-corrected chi connectivity index (χ1v) is 6.36. The highest BCUT2D eigenvalue weighted by atomic mass is 32.1. The quantitative estimate of drug-likeness (QED) is 0.698. The molecule has 3 nitrogen and oxygen atoms in total. The van der Waals surface area contributed by atoms with E-state index in [0.29, 0.717) is 23.9 Å². The van der Waals surface area contributed by atoms with Crippen LogP contribution in [0, 0.1) is 11.8 Å². The summed E-state index contributed by atoms with van der Waals surface area (Å²) in [6.07, 6.45) is 1.56. The number of nitrogens with two attached hydrogens (primary N) is 1. The Hall–Kier alpha value is -0.640. The molecule has 1 unspecified atom stereocenters. The third kappa shape index (κ3) is 6.05. The summed E-state index contributed by atoms with van der Waals surface area (Å²) in [5.74, 6) is 0.868. The van der Waals surface area contributed by atoms with E-state index in [1.807, 2.05) is 18.7 Å². The molecule has 0 radical (unpaired) electrons. The van der Waals surface area contributed by atoms with Crippen molar-refractivity contribution in [1.29, 1.82) is 0 Å². The maximum absolute atomic E-state index is 11.9. The van der Waals surface area contributed by atoms with E-state index in [2.05, 4.69) is 13.8 Å². The number of nitrogens with zero attached hydrogens (tertiary/aromatic N) is 1. The van der Waals surface area contributed by atoms with Gasteiger partial charge in [-0.05, 0) is 19.3 Å². The van der Waals surface area contributed by atoms with Gasteiger partial charge in [0.15, 0.2) is 0 Å². The van der Waals surface area contributed by atoms with E-state index < -0.39 is 0 Å². The third-order valence-corrected chi connectivity index (χ3v) is 3.05. The van der Waals surface area contributed by atoms with E-state index in [1.165, 1.54) is 0 Å². The van der Waals surface area contributed by atoms with Crippen molar-refractivity contribution in [2.75, 3.05) is 13.1 Å². The molecule has 1 amide bonds. The highest BCUT2D eigenvalue weighted by Gasteiger charge is 2.16. The lowest BCUT2D eigenvalue weighted by molar-refractivity contribution is -0.131. The van der Waals surface area contributed by atoms with Crippen molar-refractivity contribution in [2.45, 2.75) is 40.5 Å². The zero-order valence-electron chi connectivity index (χ0n) is 10.8. The Labute approximate surface area is 104 Å². The second kappa shape index (κ2) is 7.60. The lowest BCUT2D eigenvalue weighted by atomic mass is 10.1. The number of rotatable bonds is 7. The number of carbonyl (C=O) groups is 1. The average molecular weight is 244 g/mol. The minimum absolute atomic E-state index is 0.0953. The molecule has 0 bridgehead atoms. The first-order valence-electron chi connectivity index (χ1n) is 5.95. The molecule has 4 heteroatoms. The van der Waals surface area contributed by atoms with Gasteiger partial charge in [-0.25, -0.2) is 0 Å². The average Bonchev–Trinajstić information content (AvgIpc) is 2.21. The van der Waals surface area contributed by atoms with Crippen LogP contribution in [-0.4, -0.2) is 28.9 Å². The van der Waals surface area contributed by atoms with Crippen LogP contribution in [0.2, 0.25) is 0 Å². The van der Waals surface area contributed by atoms with Crippen LogP contribution < -0.4 is 5.73 Å². The smallest absolute Gasteiger partial charge is 0.222 e. The molecule has 94 valence electrons. The summed E-state index contributed by atoms with van der Waals surface area (Å²) in [5.41, 5.74) is 5.55. The molecule has 2 N–H and O–H groups in total. The fourth-order valence-corrected chi connectivity index (χ4v) is 1.47. The highest BCUT2D eigenvalue weighted by molar-refractivity contribution is 7.80. The Morgan fingerprint density at radius 3 is 2.31 bits per heavy atom. The summed E-state index contributed by atoms with van der Waals surface area (Å²) in [6.45, 7) is 9.56. The zero-order chi connectivity index (χ0) is 12.7. The summed E-state index contributed by atoms with van der Waals surface area (Å²) in [4.78, 5) is 14.2. The molecule has 0 saturated heterocycles. The van der Waals surface area contributed by atoms with Gasteiger partial charge in [0.2, 0.25) is 5.91 Å². The molecule has 0 spiro atoms. The van der Waals surface area contributed by atoms with Gasteiger partial charge >= 0.3 is 0 Å². The number of carbonyl (C=O) groups excluding carboxylic acids is 1. The van der Waals surface area contributed by atoms with Gasteiger partial charge in [-0.3, -0.25) is 4.79 Å². The number of amides is 1. The fraction of sp³-hybridized carbons (Fsp3) is 0.833. The van der Waals surface area contributed by atoms with Crippen LogP contribution in [0.15, 0.2) is 0 Å². The molecule has 0 aromatic carbocycles. The van der Waals surface area contributed by atoms with Gasteiger partial charge in [0.25, 0.3) is 0 Å².